The molecule has 1 aliphatic carbocycles. The lowest BCUT2D eigenvalue weighted by Gasteiger charge is -2.34. The molecule has 4 heteroatoms. The summed E-state index contributed by atoms with van der Waals surface area (Å²) in [5.41, 5.74) is 3.29. The van der Waals surface area contributed by atoms with Gasteiger partial charge in [-0.2, -0.15) is 0 Å². The first kappa shape index (κ1) is 16.1. The first-order valence-corrected chi connectivity index (χ1v) is 8.53. The molecular formula is C19H26N2O2. The molecular weight excluding hydrogens is 288 g/mol. The molecule has 1 saturated carbocycles. The number of aromatic nitrogens is 1. The number of aryl methyl sites for hydroxylation is 1. The largest absolute Gasteiger partial charge is 0.396 e. The van der Waals surface area contributed by atoms with Gasteiger partial charge in [0, 0.05) is 36.3 Å². The third-order valence-corrected chi connectivity index (χ3v) is 5.37. The Morgan fingerprint density at radius 1 is 1.26 bits per heavy atom. The molecule has 124 valence electrons. The molecule has 0 unspecified atom stereocenters. The molecule has 0 radical (unpaired) electrons. The van der Waals surface area contributed by atoms with E-state index in [9.17, 15) is 9.90 Å². The number of fused-ring (bicyclic) bond motifs is 1. The van der Waals surface area contributed by atoms with E-state index in [1.165, 1.54) is 0 Å². The van der Waals surface area contributed by atoms with Gasteiger partial charge in [-0.15, -0.1) is 0 Å². The van der Waals surface area contributed by atoms with Gasteiger partial charge in [-0.25, -0.2) is 0 Å². The number of aliphatic hydroxyl groups excluding tert-OH is 1. The van der Waals surface area contributed by atoms with E-state index in [4.69, 9.17) is 0 Å². The quantitative estimate of drug-likeness (QED) is 0.911. The fraction of sp³-hybridized carbons (Fsp3) is 0.526. The summed E-state index contributed by atoms with van der Waals surface area (Å²) >= 11 is 0. The molecule has 0 atom stereocenters. The van der Waals surface area contributed by atoms with E-state index in [-0.39, 0.29) is 12.5 Å². The summed E-state index contributed by atoms with van der Waals surface area (Å²) in [5, 5.41) is 10.4. The second kappa shape index (κ2) is 6.75. The SMILES string of the molecule is Cc1[nH]c2ccccc2c1CC(=O)N(C)C1CCC(CO)CC1. The average Bonchev–Trinajstić information content (AvgIpc) is 2.90. The van der Waals surface area contributed by atoms with Crippen molar-refractivity contribution in [1.29, 1.82) is 0 Å². The number of carbonyl (C=O) groups excluding carboxylic acids is 1. The lowest BCUT2D eigenvalue weighted by Crippen LogP contribution is -2.40. The minimum Gasteiger partial charge on any atom is -0.396 e. The Morgan fingerprint density at radius 3 is 2.65 bits per heavy atom. The van der Waals surface area contributed by atoms with Crippen LogP contribution in [0, 0.1) is 12.8 Å². The number of aromatic amines is 1. The standard InChI is InChI=1S/C19H26N2O2/c1-13-17(16-5-3-4-6-18(16)20-13)11-19(23)21(2)15-9-7-14(12-22)8-10-15/h3-6,14-15,20,22H,7-12H2,1-2H3. The fourth-order valence-corrected chi connectivity index (χ4v) is 3.76. The van der Waals surface area contributed by atoms with Gasteiger partial charge in [-0.05, 0) is 50.2 Å². The third-order valence-electron chi connectivity index (χ3n) is 5.37. The lowest BCUT2D eigenvalue weighted by atomic mass is 9.86. The summed E-state index contributed by atoms with van der Waals surface area (Å²) in [7, 11) is 1.93. The molecule has 2 N–H and O–H groups in total. The molecule has 23 heavy (non-hydrogen) atoms. The Balaban J connectivity index is 1.70. The molecule has 0 aliphatic heterocycles. The first-order chi connectivity index (χ1) is 11.1. The second-order valence-corrected chi connectivity index (χ2v) is 6.81. The van der Waals surface area contributed by atoms with Crippen LogP contribution in [-0.4, -0.2) is 40.6 Å². The number of rotatable bonds is 4. The Morgan fingerprint density at radius 2 is 1.96 bits per heavy atom. The number of hydrogen-bond acceptors (Lipinski definition) is 2. The molecule has 1 heterocycles. The van der Waals surface area contributed by atoms with Crippen molar-refractivity contribution in [2.45, 2.75) is 45.1 Å². The summed E-state index contributed by atoms with van der Waals surface area (Å²) in [5.74, 6) is 0.607. The smallest absolute Gasteiger partial charge is 0.227 e. The topological polar surface area (TPSA) is 56.3 Å². The van der Waals surface area contributed by atoms with Crippen molar-refractivity contribution in [2.75, 3.05) is 13.7 Å². The molecule has 4 nitrogen and oxygen atoms in total. The van der Waals surface area contributed by atoms with Crippen LogP contribution in [0.1, 0.15) is 36.9 Å². The van der Waals surface area contributed by atoms with E-state index in [1.54, 1.807) is 0 Å². The molecule has 1 amide bonds. The predicted octanol–water partition coefficient (Wildman–Crippen LogP) is 3.03. The van der Waals surface area contributed by atoms with Crippen molar-refractivity contribution < 1.29 is 9.90 Å². The van der Waals surface area contributed by atoms with Crippen LogP contribution in [-0.2, 0) is 11.2 Å². The maximum atomic E-state index is 12.7. The van der Waals surface area contributed by atoms with E-state index < -0.39 is 0 Å². The van der Waals surface area contributed by atoms with Crippen molar-refractivity contribution in [1.82, 2.24) is 9.88 Å². The van der Waals surface area contributed by atoms with Crippen molar-refractivity contribution in [3.05, 3.63) is 35.5 Å². The maximum Gasteiger partial charge on any atom is 0.227 e. The Kier molecular flexibility index (Phi) is 4.71. The lowest BCUT2D eigenvalue weighted by molar-refractivity contribution is -0.132. The van der Waals surface area contributed by atoms with Crippen LogP contribution in [0.15, 0.2) is 24.3 Å². The summed E-state index contributed by atoms with van der Waals surface area (Å²) < 4.78 is 0. The molecule has 2 aromatic rings. The number of amides is 1. The zero-order chi connectivity index (χ0) is 16.4. The van der Waals surface area contributed by atoms with Crippen molar-refractivity contribution in [3.8, 4) is 0 Å². The van der Waals surface area contributed by atoms with Gasteiger partial charge < -0.3 is 15.0 Å². The van der Waals surface area contributed by atoms with Gasteiger partial charge in [0.05, 0.1) is 6.42 Å². The summed E-state index contributed by atoms with van der Waals surface area (Å²) in [6, 6.07) is 8.47. The highest BCUT2D eigenvalue weighted by atomic mass is 16.3. The van der Waals surface area contributed by atoms with Crippen LogP contribution in [0.3, 0.4) is 0 Å². The van der Waals surface area contributed by atoms with Crippen molar-refractivity contribution in [2.24, 2.45) is 5.92 Å². The molecule has 1 aromatic carbocycles. The number of carbonyl (C=O) groups is 1. The van der Waals surface area contributed by atoms with Gasteiger partial charge in [-0.3, -0.25) is 4.79 Å². The summed E-state index contributed by atoms with van der Waals surface area (Å²) in [6.45, 7) is 2.31. The Bertz CT molecular complexity index is 684. The van der Waals surface area contributed by atoms with Gasteiger partial charge in [0.2, 0.25) is 5.91 Å². The Hall–Kier alpha value is -1.81. The molecule has 1 aromatic heterocycles. The van der Waals surface area contributed by atoms with Crippen LogP contribution in [0.4, 0.5) is 0 Å². The number of nitrogens with zero attached hydrogens (tertiary/aromatic N) is 1. The number of hydrogen-bond donors (Lipinski definition) is 2. The average molecular weight is 314 g/mol. The predicted molar refractivity (Wildman–Crippen MR) is 92.3 cm³/mol. The van der Waals surface area contributed by atoms with E-state index in [1.807, 2.05) is 31.0 Å². The zero-order valence-electron chi connectivity index (χ0n) is 14.0. The summed E-state index contributed by atoms with van der Waals surface area (Å²) in [6.07, 6.45) is 4.49. The minimum atomic E-state index is 0.185. The van der Waals surface area contributed by atoms with E-state index in [0.29, 0.717) is 18.4 Å². The van der Waals surface area contributed by atoms with E-state index in [2.05, 4.69) is 17.1 Å². The van der Waals surface area contributed by atoms with Gasteiger partial charge in [0.1, 0.15) is 0 Å². The van der Waals surface area contributed by atoms with Gasteiger partial charge in [-0.1, -0.05) is 18.2 Å². The molecule has 1 fully saturated rings. The molecule has 0 spiro atoms. The van der Waals surface area contributed by atoms with Crippen molar-refractivity contribution >= 4 is 16.8 Å². The zero-order valence-corrected chi connectivity index (χ0v) is 14.0. The normalized spacial score (nSPS) is 21.5. The first-order valence-electron chi connectivity index (χ1n) is 8.53. The van der Waals surface area contributed by atoms with Crippen LogP contribution in [0.5, 0.6) is 0 Å². The maximum absolute atomic E-state index is 12.7. The van der Waals surface area contributed by atoms with Gasteiger partial charge in [0.15, 0.2) is 0 Å². The number of aliphatic hydroxyl groups is 1. The van der Waals surface area contributed by atoms with Crippen molar-refractivity contribution in [3.63, 3.8) is 0 Å². The third kappa shape index (κ3) is 3.27. The Labute approximate surface area is 137 Å². The van der Waals surface area contributed by atoms with E-state index in [0.717, 1.165) is 47.8 Å². The highest BCUT2D eigenvalue weighted by Crippen LogP contribution is 2.28. The van der Waals surface area contributed by atoms with Crippen LogP contribution < -0.4 is 0 Å². The van der Waals surface area contributed by atoms with Gasteiger partial charge in [0.25, 0.3) is 0 Å². The second-order valence-electron chi connectivity index (χ2n) is 6.81. The number of benzene rings is 1. The molecule has 0 bridgehead atoms. The number of nitrogens with one attached hydrogen (secondary N) is 1. The molecule has 3 rings (SSSR count). The number of likely N-dealkylation sites (N-methyl/N-ethyl adjacent to an activating group) is 1. The minimum absolute atomic E-state index is 0.185. The molecule has 0 saturated heterocycles. The monoisotopic (exact) mass is 314 g/mol. The van der Waals surface area contributed by atoms with Crippen LogP contribution >= 0.6 is 0 Å². The highest BCUT2D eigenvalue weighted by Gasteiger charge is 2.26. The fourth-order valence-electron chi connectivity index (χ4n) is 3.76. The number of para-hydroxylation sites is 1. The van der Waals surface area contributed by atoms with Gasteiger partial charge >= 0.3 is 0 Å². The van der Waals surface area contributed by atoms with Crippen LogP contribution in [0.25, 0.3) is 10.9 Å². The van der Waals surface area contributed by atoms with Crippen LogP contribution in [0.2, 0.25) is 0 Å². The van der Waals surface area contributed by atoms with E-state index >= 15 is 0 Å². The summed E-state index contributed by atoms with van der Waals surface area (Å²) in [4.78, 5) is 18.0. The molecule has 1 aliphatic rings. The highest BCUT2D eigenvalue weighted by molar-refractivity contribution is 5.90. The number of H-pyrrole nitrogens is 1.